The number of Topliss-reactive ketones (excluding diaryl/α,β-unsaturated/α-hetero) is 1. The molecule has 0 aliphatic rings. The van der Waals surface area contributed by atoms with Gasteiger partial charge in [-0.05, 0) is 25.1 Å². The highest BCUT2D eigenvalue weighted by molar-refractivity contribution is 8.01. The Morgan fingerprint density at radius 3 is 2.53 bits per heavy atom. The van der Waals surface area contributed by atoms with Crippen molar-refractivity contribution in [2.45, 2.75) is 17.3 Å². The van der Waals surface area contributed by atoms with Crippen molar-refractivity contribution in [1.29, 1.82) is 0 Å². The van der Waals surface area contributed by atoms with Gasteiger partial charge in [0, 0.05) is 42.8 Å². The number of aromatic nitrogens is 4. The van der Waals surface area contributed by atoms with Gasteiger partial charge in [0.15, 0.2) is 16.8 Å². The maximum Gasteiger partial charge on any atom is 0.243 e. The molecule has 0 saturated heterocycles. The van der Waals surface area contributed by atoms with E-state index in [0.717, 1.165) is 28.2 Å². The summed E-state index contributed by atoms with van der Waals surface area (Å²) in [5, 5.41) is 9.24. The third-order valence-corrected chi connectivity index (χ3v) is 6.59. The van der Waals surface area contributed by atoms with E-state index in [9.17, 15) is 9.59 Å². The predicted octanol–water partition coefficient (Wildman–Crippen LogP) is 3.57. The van der Waals surface area contributed by atoms with Crippen molar-refractivity contribution in [3.63, 3.8) is 0 Å². The third-order valence-electron chi connectivity index (χ3n) is 5.35. The lowest BCUT2D eigenvalue weighted by Gasteiger charge is -2.19. The van der Waals surface area contributed by atoms with Crippen LogP contribution in [-0.2, 0) is 9.59 Å². The molecule has 9 nitrogen and oxygen atoms in total. The summed E-state index contributed by atoms with van der Waals surface area (Å²) in [6, 6.07) is 13.2. The molecule has 0 aliphatic heterocycles. The Bertz CT molecular complexity index is 1360. The minimum Gasteiger partial charge on any atom is -0.497 e. The van der Waals surface area contributed by atoms with Crippen molar-refractivity contribution in [2.75, 3.05) is 28.3 Å². The van der Waals surface area contributed by atoms with Gasteiger partial charge in [-0.15, -0.1) is 10.2 Å². The second-order valence-corrected chi connectivity index (χ2v) is 8.84. The number of thioether (sulfide) groups is 1. The molecule has 0 radical (unpaired) electrons. The number of para-hydroxylation sites is 1. The Morgan fingerprint density at radius 2 is 1.85 bits per heavy atom. The lowest BCUT2D eigenvalue weighted by atomic mass is 10.1. The fraction of sp³-hybridized carbons (Fsp3) is 0.250. The molecule has 4 aromatic rings. The number of H-pyrrole nitrogens is 1. The maximum absolute atomic E-state index is 12.7. The maximum atomic E-state index is 12.7. The molecule has 2 heterocycles. The average Bonchev–Trinajstić information content (AvgIpc) is 3.45. The van der Waals surface area contributed by atoms with Crippen molar-refractivity contribution in [1.82, 2.24) is 24.6 Å². The highest BCUT2D eigenvalue weighted by atomic mass is 32.2. The zero-order valence-corrected chi connectivity index (χ0v) is 20.3. The number of hydrogen-bond acceptors (Lipinski definition) is 7. The number of fused-ring (bicyclic) bond motifs is 1. The first-order valence-electron chi connectivity index (χ1n) is 10.5. The Labute approximate surface area is 201 Å². The number of methoxy groups -OCH3 is 2. The largest absolute Gasteiger partial charge is 0.497 e. The summed E-state index contributed by atoms with van der Waals surface area (Å²) in [6.07, 6.45) is 1.86. The number of benzene rings is 2. The number of carbonyl (C=O) groups excluding carboxylic acids is 2. The molecule has 1 unspecified atom stereocenters. The molecule has 1 atom stereocenters. The minimum atomic E-state index is -0.967. The third kappa shape index (κ3) is 4.24. The van der Waals surface area contributed by atoms with Crippen LogP contribution >= 0.6 is 11.8 Å². The van der Waals surface area contributed by atoms with Gasteiger partial charge >= 0.3 is 0 Å². The van der Waals surface area contributed by atoms with E-state index < -0.39 is 5.25 Å². The summed E-state index contributed by atoms with van der Waals surface area (Å²) in [5.41, 5.74) is 2.38. The van der Waals surface area contributed by atoms with Crippen LogP contribution in [0.5, 0.6) is 11.5 Å². The van der Waals surface area contributed by atoms with Crippen molar-refractivity contribution >= 4 is 34.4 Å². The van der Waals surface area contributed by atoms with Gasteiger partial charge in [-0.2, -0.15) is 0 Å². The van der Waals surface area contributed by atoms with Gasteiger partial charge in [0.1, 0.15) is 16.7 Å². The highest BCUT2D eigenvalue weighted by Gasteiger charge is 2.30. The number of aromatic amines is 1. The highest BCUT2D eigenvalue weighted by Crippen LogP contribution is 2.38. The number of amides is 1. The fourth-order valence-corrected chi connectivity index (χ4v) is 4.68. The van der Waals surface area contributed by atoms with Gasteiger partial charge in [0.25, 0.3) is 0 Å². The minimum absolute atomic E-state index is 0.274. The smallest absolute Gasteiger partial charge is 0.243 e. The molecular weight excluding hydrogens is 454 g/mol. The van der Waals surface area contributed by atoms with E-state index in [1.807, 2.05) is 30.5 Å². The molecular formula is C24H25N5O4S. The second kappa shape index (κ2) is 9.60. The second-order valence-electron chi connectivity index (χ2n) is 7.77. The first kappa shape index (κ1) is 23.4. The average molecular weight is 480 g/mol. The molecule has 0 spiro atoms. The molecule has 0 aliphatic carbocycles. The van der Waals surface area contributed by atoms with Crippen molar-refractivity contribution in [3.8, 4) is 28.6 Å². The molecule has 0 fully saturated rings. The van der Waals surface area contributed by atoms with E-state index in [1.54, 1.807) is 51.1 Å². The van der Waals surface area contributed by atoms with Gasteiger partial charge in [0.2, 0.25) is 5.91 Å². The lowest BCUT2D eigenvalue weighted by Crippen LogP contribution is -2.36. The molecule has 10 heteroatoms. The van der Waals surface area contributed by atoms with E-state index in [1.165, 1.54) is 11.8 Å². The number of nitrogens with zero attached hydrogens (tertiary/aromatic N) is 4. The molecule has 1 N–H and O–H groups in total. The van der Waals surface area contributed by atoms with Gasteiger partial charge in [0.05, 0.1) is 19.9 Å². The Balaban J connectivity index is 1.96. The van der Waals surface area contributed by atoms with E-state index in [4.69, 9.17) is 9.47 Å². The molecule has 0 bridgehead atoms. The predicted molar refractivity (Wildman–Crippen MR) is 131 cm³/mol. The van der Waals surface area contributed by atoms with Crippen LogP contribution in [0.2, 0.25) is 0 Å². The quantitative estimate of drug-likeness (QED) is 0.304. The zero-order chi connectivity index (χ0) is 24.4. The van der Waals surface area contributed by atoms with Gasteiger partial charge < -0.3 is 19.4 Å². The number of carbonyl (C=O) groups is 2. The molecule has 176 valence electrons. The van der Waals surface area contributed by atoms with Crippen LogP contribution in [0.3, 0.4) is 0 Å². The fourth-order valence-electron chi connectivity index (χ4n) is 3.61. The Hall–Kier alpha value is -3.79. The molecule has 4 rings (SSSR count). The summed E-state index contributed by atoms with van der Waals surface area (Å²) >= 11 is 1.05. The first-order valence-corrected chi connectivity index (χ1v) is 11.4. The number of nitrogens with one attached hydrogen (secondary N) is 1. The van der Waals surface area contributed by atoms with Crippen molar-refractivity contribution in [3.05, 3.63) is 48.7 Å². The van der Waals surface area contributed by atoms with E-state index in [-0.39, 0.29) is 11.7 Å². The summed E-state index contributed by atoms with van der Waals surface area (Å²) < 4.78 is 12.9. The van der Waals surface area contributed by atoms with Gasteiger partial charge in [-0.1, -0.05) is 30.0 Å². The van der Waals surface area contributed by atoms with Gasteiger partial charge in [-0.3, -0.25) is 14.2 Å². The number of rotatable bonds is 8. The van der Waals surface area contributed by atoms with Crippen LogP contribution in [0.25, 0.3) is 28.0 Å². The Morgan fingerprint density at radius 1 is 1.09 bits per heavy atom. The van der Waals surface area contributed by atoms with Crippen LogP contribution in [0.4, 0.5) is 0 Å². The van der Waals surface area contributed by atoms with E-state index in [0.29, 0.717) is 28.2 Å². The van der Waals surface area contributed by atoms with Crippen molar-refractivity contribution in [2.24, 2.45) is 0 Å². The van der Waals surface area contributed by atoms with E-state index in [2.05, 4.69) is 15.2 Å². The number of hydrogen-bond donors (Lipinski definition) is 1. The summed E-state index contributed by atoms with van der Waals surface area (Å²) in [7, 11) is 6.38. The zero-order valence-electron chi connectivity index (χ0n) is 19.5. The molecule has 34 heavy (non-hydrogen) atoms. The first-order chi connectivity index (χ1) is 16.3. The molecule has 2 aromatic heterocycles. The van der Waals surface area contributed by atoms with E-state index >= 15 is 0 Å². The van der Waals surface area contributed by atoms with Crippen LogP contribution in [0, 0.1) is 0 Å². The summed E-state index contributed by atoms with van der Waals surface area (Å²) in [5.74, 6) is 1.11. The van der Waals surface area contributed by atoms with Crippen LogP contribution in [0.15, 0.2) is 53.8 Å². The number of ketones is 1. The normalized spacial score (nSPS) is 11.9. The SMILES string of the molecule is COc1ccc(OC)c(-n2c(SC(C(C)=O)C(=O)N(C)C)nnc2-c2c[nH]c3ccccc23)c1. The molecule has 1 amide bonds. The van der Waals surface area contributed by atoms with Crippen molar-refractivity contribution < 1.29 is 19.1 Å². The van der Waals surface area contributed by atoms with Crippen LogP contribution in [0.1, 0.15) is 6.92 Å². The molecule has 2 aromatic carbocycles. The topological polar surface area (TPSA) is 102 Å². The molecule has 0 saturated carbocycles. The number of ether oxygens (including phenoxy) is 2. The summed E-state index contributed by atoms with van der Waals surface area (Å²) in [6.45, 7) is 1.40. The lowest BCUT2D eigenvalue weighted by molar-refractivity contribution is -0.132. The van der Waals surface area contributed by atoms with Crippen LogP contribution in [-0.4, -0.2) is 69.9 Å². The standard InChI is InChI=1S/C24H25N5O4S/c1-14(30)21(23(31)28(2)3)34-24-27-26-22(17-13-25-18-9-7-6-8-16(17)18)29(24)19-12-15(32-4)10-11-20(19)33-5/h6-13,21,25H,1-5H3. The van der Waals surface area contributed by atoms with Crippen LogP contribution < -0.4 is 9.47 Å². The monoisotopic (exact) mass is 479 g/mol. The Kier molecular flexibility index (Phi) is 6.60. The summed E-state index contributed by atoms with van der Waals surface area (Å²) in [4.78, 5) is 29.8. The van der Waals surface area contributed by atoms with Gasteiger partial charge in [-0.25, -0.2) is 0 Å².